The minimum Gasteiger partial charge on any atom is -0.297 e. The van der Waals surface area contributed by atoms with Crippen LogP contribution in [0, 0.1) is 0 Å². The summed E-state index contributed by atoms with van der Waals surface area (Å²) < 4.78 is 2.70. The second-order valence-corrected chi connectivity index (χ2v) is 3.84. The molecule has 5 heteroatoms. The van der Waals surface area contributed by atoms with Gasteiger partial charge >= 0.3 is 0 Å². The number of rotatable bonds is 1. The van der Waals surface area contributed by atoms with Crippen LogP contribution in [-0.2, 0) is 0 Å². The minimum atomic E-state index is 0.689. The van der Waals surface area contributed by atoms with Crippen LogP contribution >= 0.6 is 27.3 Å². The van der Waals surface area contributed by atoms with Gasteiger partial charge in [0, 0.05) is 6.20 Å². The molecule has 2 aromatic heterocycles. The second-order valence-electron chi connectivity index (χ2n) is 1.98. The molecule has 2 heterocycles. The van der Waals surface area contributed by atoms with Crippen molar-refractivity contribution in [1.82, 2.24) is 9.38 Å². The Balaban J connectivity index is 2.79. The third kappa shape index (κ3) is 1.00. The fourth-order valence-corrected chi connectivity index (χ4v) is 2.09. The number of hydrogen-bond donors (Lipinski definition) is 0. The molecule has 2 aromatic rings. The predicted molar refractivity (Wildman–Crippen MR) is 46.2 cm³/mol. The van der Waals surface area contributed by atoms with E-state index in [4.69, 9.17) is 0 Å². The van der Waals surface area contributed by atoms with Gasteiger partial charge in [-0.1, -0.05) is 11.3 Å². The number of aromatic nitrogens is 2. The van der Waals surface area contributed by atoms with Gasteiger partial charge in [0.2, 0.25) is 0 Å². The first-order chi connectivity index (χ1) is 5.31. The molecule has 0 saturated carbocycles. The van der Waals surface area contributed by atoms with E-state index < -0.39 is 0 Å². The molecule has 0 atom stereocenters. The monoisotopic (exact) mass is 230 g/mol. The van der Waals surface area contributed by atoms with Gasteiger partial charge in [0.25, 0.3) is 0 Å². The lowest BCUT2D eigenvalue weighted by atomic mass is 10.6. The summed E-state index contributed by atoms with van der Waals surface area (Å²) in [6.45, 7) is 0. The zero-order chi connectivity index (χ0) is 7.84. The van der Waals surface area contributed by atoms with Crippen molar-refractivity contribution in [2.75, 3.05) is 0 Å². The Bertz CT molecular complexity index is 406. The molecule has 11 heavy (non-hydrogen) atoms. The number of halogens is 1. The maximum Gasteiger partial charge on any atom is 0.195 e. The summed E-state index contributed by atoms with van der Waals surface area (Å²) >= 11 is 4.67. The van der Waals surface area contributed by atoms with Crippen LogP contribution in [0.3, 0.4) is 0 Å². The fraction of sp³-hybridized carbons (Fsp3) is 0. The average Bonchev–Trinajstić information content (AvgIpc) is 2.53. The highest BCUT2D eigenvalue weighted by Gasteiger charge is 2.03. The van der Waals surface area contributed by atoms with Gasteiger partial charge in [-0.2, -0.15) is 0 Å². The summed E-state index contributed by atoms with van der Waals surface area (Å²) in [6.07, 6.45) is 4.29. The van der Waals surface area contributed by atoms with Gasteiger partial charge in [-0.25, -0.2) is 4.98 Å². The topological polar surface area (TPSA) is 34.4 Å². The van der Waals surface area contributed by atoms with Crippen molar-refractivity contribution < 1.29 is 4.79 Å². The average molecular weight is 231 g/mol. The highest BCUT2D eigenvalue weighted by molar-refractivity contribution is 9.10. The maximum atomic E-state index is 10.3. The van der Waals surface area contributed by atoms with E-state index in [1.165, 1.54) is 11.3 Å². The third-order valence-corrected chi connectivity index (χ3v) is 2.81. The van der Waals surface area contributed by atoms with Crippen LogP contribution in [0.15, 0.2) is 17.0 Å². The van der Waals surface area contributed by atoms with Crippen LogP contribution in [0.4, 0.5) is 0 Å². The molecule has 0 N–H and O–H groups in total. The molecule has 0 aromatic carbocycles. The lowest BCUT2D eigenvalue weighted by Crippen LogP contribution is -1.74. The van der Waals surface area contributed by atoms with E-state index in [0.29, 0.717) is 4.88 Å². The fourth-order valence-electron chi connectivity index (χ4n) is 0.830. The van der Waals surface area contributed by atoms with Crippen LogP contribution in [0.2, 0.25) is 0 Å². The second kappa shape index (κ2) is 2.42. The van der Waals surface area contributed by atoms with Crippen molar-refractivity contribution in [2.45, 2.75) is 0 Å². The Morgan fingerprint density at radius 2 is 2.55 bits per heavy atom. The first-order valence-corrected chi connectivity index (χ1v) is 4.50. The summed E-state index contributed by atoms with van der Waals surface area (Å²) in [5, 5.41) is 0. The zero-order valence-electron chi connectivity index (χ0n) is 5.32. The van der Waals surface area contributed by atoms with E-state index in [2.05, 4.69) is 20.9 Å². The van der Waals surface area contributed by atoms with E-state index in [-0.39, 0.29) is 0 Å². The minimum absolute atomic E-state index is 0.689. The molecule has 0 bridgehead atoms. The van der Waals surface area contributed by atoms with Crippen molar-refractivity contribution in [3.05, 3.63) is 21.9 Å². The van der Waals surface area contributed by atoms with Gasteiger partial charge in [0.05, 0.1) is 11.1 Å². The molecule has 0 saturated heterocycles. The number of carbonyl (C=O) groups excluding carboxylic acids is 1. The molecule has 0 spiro atoms. The Kier molecular flexibility index (Phi) is 1.54. The van der Waals surface area contributed by atoms with E-state index in [1.807, 2.05) is 4.40 Å². The highest BCUT2D eigenvalue weighted by atomic mass is 79.9. The third-order valence-electron chi connectivity index (χ3n) is 1.30. The van der Waals surface area contributed by atoms with Crippen molar-refractivity contribution in [3.8, 4) is 0 Å². The number of imidazole rings is 1. The molecule has 56 valence electrons. The lowest BCUT2D eigenvalue weighted by Gasteiger charge is -1.80. The Morgan fingerprint density at radius 3 is 3.18 bits per heavy atom. The van der Waals surface area contributed by atoms with Crippen LogP contribution in [0.25, 0.3) is 4.96 Å². The summed E-state index contributed by atoms with van der Waals surface area (Å²) in [7, 11) is 0. The Hall–Kier alpha value is -0.680. The summed E-state index contributed by atoms with van der Waals surface area (Å²) in [4.78, 5) is 15.9. The predicted octanol–water partition coefficient (Wildman–Crippen LogP) is 1.97. The molecule has 0 amide bonds. The number of carbonyl (C=O) groups is 1. The summed E-state index contributed by atoms with van der Waals surface area (Å²) in [5.74, 6) is 0. The van der Waals surface area contributed by atoms with E-state index in [0.717, 1.165) is 15.9 Å². The van der Waals surface area contributed by atoms with Crippen LogP contribution in [-0.4, -0.2) is 15.7 Å². The number of thiazole rings is 1. The van der Waals surface area contributed by atoms with Gasteiger partial charge in [0.1, 0.15) is 4.60 Å². The molecule has 0 fully saturated rings. The number of hydrogen-bond acceptors (Lipinski definition) is 3. The smallest absolute Gasteiger partial charge is 0.195 e. The number of aldehydes is 1. The number of nitrogens with zero attached hydrogens (tertiary/aromatic N) is 2. The first-order valence-electron chi connectivity index (χ1n) is 2.89. The van der Waals surface area contributed by atoms with Crippen molar-refractivity contribution in [1.29, 1.82) is 0 Å². The molecule has 0 radical (unpaired) electrons. The molecule has 0 aliphatic rings. The zero-order valence-corrected chi connectivity index (χ0v) is 7.72. The van der Waals surface area contributed by atoms with Crippen LogP contribution in [0.5, 0.6) is 0 Å². The largest absolute Gasteiger partial charge is 0.297 e. The number of fused-ring (bicyclic) bond motifs is 1. The molecule has 0 unspecified atom stereocenters. The standard InChI is InChI=1S/C6H3BrN2OS/c7-5-1-8-6-9(5)2-4(3-10)11-6/h1-3H. The van der Waals surface area contributed by atoms with Gasteiger partial charge < -0.3 is 0 Å². The lowest BCUT2D eigenvalue weighted by molar-refractivity contribution is 0.112. The van der Waals surface area contributed by atoms with E-state index in [9.17, 15) is 4.79 Å². The van der Waals surface area contributed by atoms with Gasteiger partial charge in [-0.3, -0.25) is 9.20 Å². The maximum absolute atomic E-state index is 10.3. The molecule has 0 aliphatic carbocycles. The Labute approximate surface area is 74.8 Å². The summed E-state index contributed by atoms with van der Waals surface area (Å²) in [6, 6.07) is 0. The van der Waals surface area contributed by atoms with Crippen molar-refractivity contribution in [2.24, 2.45) is 0 Å². The quantitative estimate of drug-likeness (QED) is 0.703. The molecular weight excluding hydrogens is 228 g/mol. The molecule has 0 aliphatic heterocycles. The molecule has 2 rings (SSSR count). The normalized spacial score (nSPS) is 10.6. The van der Waals surface area contributed by atoms with Crippen LogP contribution in [0.1, 0.15) is 9.67 Å². The summed E-state index contributed by atoms with van der Waals surface area (Å²) in [5.41, 5.74) is 0. The molecular formula is C6H3BrN2OS. The first kappa shape index (κ1) is 7.00. The van der Waals surface area contributed by atoms with Gasteiger partial charge in [-0.05, 0) is 15.9 Å². The van der Waals surface area contributed by atoms with Gasteiger partial charge in [-0.15, -0.1) is 0 Å². The molecule has 3 nitrogen and oxygen atoms in total. The Morgan fingerprint density at radius 1 is 1.73 bits per heavy atom. The SMILES string of the molecule is O=Cc1cn2c(Br)cnc2s1. The van der Waals surface area contributed by atoms with Crippen molar-refractivity contribution in [3.63, 3.8) is 0 Å². The van der Waals surface area contributed by atoms with E-state index >= 15 is 0 Å². The van der Waals surface area contributed by atoms with Gasteiger partial charge in [0.15, 0.2) is 11.2 Å². The van der Waals surface area contributed by atoms with Crippen molar-refractivity contribution >= 4 is 38.5 Å². The van der Waals surface area contributed by atoms with E-state index in [1.54, 1.807) is 12.4 Å². The highest BCUT2D eigenvalue weighted by Crippen LogP contribution is 2.20. The van der Waals surface area contributed by atoms with Crippen LogP contribution < -0.4 is 0 Å².